The summed E-state index contributed by atoms with van der Waals surface area (Å²) in [5.41, 5.74) is 0.607. The fourth-order valence-corrected chi connectivity index (χ4v) is 4.72. The third kappa shape index (κ3) is 5.50. The minimum atomic E-state index is -1.16. The van der Waals surface area contributed by atoms with Gasteiger partial charge in [0.05, 0.1) is 24.3 Å². The number of carbonyl (C=O) groups excluding carboxylic acids is 3. The van der Waals surface area contributed by atoms with Crippen LogP contribution >= 0.6 is 0 Å². The highest BCUT2D eigenvalue weighted by Crippen LogP contribution is 2.42. The van der Waals surface area contributed by atoms with Gasteiger partial charge in [-0.05, 0) is 25.0 Å². The molecule has 5 N–H and O–H groups in total. The van der Waals surface area contributed by atoms with Gasteiger partial charge in [0.1, 0.15) is 11.8 Å². The number of phenolic OH excluding ortho intramolecular Hbond substituents is 3. The van der Waals surface area contributed by atoms with Crippen LogP contribution in [-0.2, 0) is 32.2 Å². The SMILES string of the molecule is C\C=C/C=C1/C(=O)N(C2CCC(=O)NC2=O)C/C1=C\NCc1c(O)c(CN2CCOCC2)c(O)c(O)c1F. The van der Waals surface area contributed by atoms with Gasteiger partial charge in [-0.3, -0.25) is 24.6 Å². The minimum Gasteiger partial charge on any atom is -0.507 e. The number of allylic oxidation sites excluding steroid dienone is 3. The number of halogens is 1. The van der Waals surface area contributed by atoms with E-state index in [9.17, 15) is 34.1 Å². The molecule has 1 unspecified atom stereocenters. The van der Waals surface area contributed by atoms with Gasteiger partial charge in [0.15, 0.2) is 17.3 Å². The van der Waals surface area contributed by atoms with Crippen molar-refractivity contribution in [2.24, 2.45) is 0 Å². The van der Waals surface area contributed by atoms with Crippen LogP contribution in [0.2, 0.25) is 0 Å². The molecule has 11 nitrogen and oxygen atoms in total. The topological polar surface area (TPSA) is 152 Å². The number of amides is 3. The highest BCUT2D eigenvalue weighted by Gasteiger charge is 2.40. The van der Waals surface area contributed by atoms with E-state index in [-0.39, 0.29) is 55.4 Å². The number of hydrogen-bond acceptors (Lipinski definition) is 9. The number of carbonyl (C=O) groups is 3. The number of phenols is 3. The number of morpholine rings is 1. The zero-order chi connectivity index (χ0) is 27.4. The maximum Gasteiger partial charge on any atom is 0.255 e. The summed E-state index contributed by atoms with van der Waals surface area (Å²) < 4.78 is 20.1. The molecule has 1 aromatic rings. The van der Waals surface area contributed by atoms with E-state index >= 15 is 0 Å². The Labute approximate surface area is 218 Å². The average Bonchev–Trinajstić information content (AvgIpc) is 3.21. The van der Waals surface area contributed by atoms with Gasteiger partial charge >= 0.3 is 0 Å². The van der Waals surface area contributed by atoms with Crippen molar-refractivity contribution < 1.29 is 38.8 Å². The van der Waals surface area contributed by atoms with Crippen molar-refractivity contribution in [1.29, 1.82) is 0 Å². The molecule has 3 amide bonds. The molecule has 1 atom stereocenters. The summed E-state index contributed by atoms with van der Waals surface area (Å²) in [6, 6.07) is -0.793. The number of imide groups is 1. The number of benzene rings is 1. The molecular formula is C26H31FN4O7. The molecule has 3 saturated heterocycles. The summed E-state index contributed by atoms with van der Waals surface area (Å²) >= 11 is 0. The van der Waals surface area contributed by atoms with E-state index in [0.717, 1.165) is 0 Å². The van der Waals surface area contributed by atoms with Crippen molar-refractivity contribution in [3.8, 4) is 17.2 Å². The van der Waals surface area contributed by atoms with Gasteiger partial charge in [0.2, 0.25) is 11.8 Å². The third-order valence-electron chi connectivity index (χ3n) is 6.81. The van der Waals surface area contributed by atoms with Crippen LogP contribution in [0.4, 0.5) is 4.39 Å². The molecule has 0 spiro atoms. The van der Waals surface area contributed by atoms with Crippen LogP contribution in [0.3, 0.4) is 0 Å². The maximum absolute atomic E-state index is 14.8. The Morgan fingerprint density at radius 1 is 1.11 bits per heavy atom. The first-order chi connectivity index (χ1) is 18.2. The van der Waals surface area contributed by atoms with Crippen LogP contribution < -0.4 is 10.6 Å². The van der Waals surface area contributed by atoms with Crippen molar-refractivity contribution in [2.75, 3.05) is 32.8 Å². The Balaban J connectivity index is 1.56. The lowest BCUT2D eigenvalue weighted by Gasteiger charge is -2.28. The number of ether oxygens (including phenoxy) is 1. The summed E-state index contributed by atoms with van der Waals surface area (Å²) in [5.74, 6) is -4.60. The van der Waals surface area contributed by atoms with Gasteiger partial charge in [-0.15, -0.1) is 0 Å². The molecule has 0 saturated carbocycles. The standard InChI is InChI=1S/C26H31FN4O7/c1-2-3-4-16-15(13-31(26(16)37)19-5-6-20(32)29-25(19)36)11-28-12-17-21(27)24(35)23(34)18(22(17)33)14-30-7-9-38-10-8-30/h2-4,11,19,28,33-35H,5-10,12-14H2,1H3,(H,29,32,36)/b3-2-,15-11+,16-4+. The first-order valence-electron chi connectivity index (χ1n) is 12.4. The van der Waals surface area contributed by atoms with Crippen molar-refractivity contribution >= 4 is 17.7 Å². The number of piperidine rings is 1. The van der Waals surface area contributed by atoms with E-state index in [0.29, 0.717) is 37.4 Å². The van der Waals surface area contributed by atoms with Crippen molar-refractivity contribution in [1.82, 2.24) is 20.4 Å². The number of nitrogens with one attached hydrogen (secondary N) is 2. The Kier molecular flexibility index (Phi) is 8.32. The highest BCUT2D eigenvalue weighted by molar-refractivity contribution is 6.07. The van der Waals surface area contributed by atoms with Gasteiger partial charge < -0.3 is 30.3 Å². The van der Waals surface area contributed by atoms with Gasteiger partial charge in [-0.25, -0.2) is 4.39 Å². The third-order valence-corrected chi connectivity index (χ3v) is 6.81. The summed E-state index contributed by atoms with van der Waals surface area (Å²) in [6.45, 7) is 3.77. The Morgan fingerprint density at radius 3 is 2.53 bits per heavy atom. The monoisotopic (exact) mass is 530 g/mol. The molecule has 204 valence electrons. The maximum atomic E-state index is 14.8. The fourth-order valence-electron chi connectivity index (χ4n) is 4.72. The molecule has 3 aliphatic rings. The summed E-state index contributed by atoms with van der Waals surface area (Å²) in [5, 5.41) is 36.4. The molecule has 0 aliphatic carbocycles. The van der Waals surface area contributed by atoms with Crippen molar-refractivity contribution in [3.63, 3.8) is 0 Å². The zero-order valence-corrected chi connectivity index (χ0v) is 21.0. The fraction of sp³-hybridized carbons (Fsp3) is 0.423. The lowest BCUT2D eigenvalue weighted by Crippen LogP contribution is -2.52. The largest absolute Gasteiger partial charge is 0.507 e. The van der Waals surface area contributed by atoms with Crippen LogP contribution in [0.5, 0.6) is 17.2 Å². The quantitative estimate of drug-likeness (QED) is 0.150. The number of hydrogen-bond donors (Lipinski definition) is 5. The van der Waals surface area contributed by atoms with Crippen LogP contribution in [0.25, 0.3) is 0 Å². The van der Waals surface area contributed by atoms with Gasteiger partial charge in [-0.1, -0.05) is 12.2 Å². The van der Waals surface area contributed by atoms with Crippen molar-refractivity contribution in [3.05, 3.63) is 52.5 Å². The molecule has 1 aromatic carbocycles. The van der Waals surface area contributed by atoms with E-state index in [2.05, 4.69) is 10.6 Å². The molecule has 3 heterocycles. The molecule has 38 heavy (non-hydrogen) atoms. The molecule has 0 radical (unpaired) electrons. The Hall–Kier alpha value is -3.90. The van der Waals surface area contributed by atoms with E-state index in [1.165, 1.54) is 11.1 Å². The van der Waals surface area contributed by atoms with Crippen LogP contribution in [0.1, 0.15) is 30.9 Å². The minimum absolute atomic E-state index is 0.00370. The number of aromatic hydroxyl groups is 3. The van der Waals surface area contributed by atoms with Crippen LogP contribution in [0.15, 0.2) is 35.6 Å². The van der Waals surface area contributed by atoms with Gasteiger partial charge in [-0.2, -0.15) is 0 Å². The highest BCUT2D eigenvalue weighted by atomic mass is 19.1. The summed E-state index contributed by atoms with van der Waals surface area (Å²) in [6.07, 6.45) is 6.85. The Bertz CT molecular complexity index is 1220. The van der Waals surface area contributed by atoms with Gasteiger partial charge in [0, 0.05) is 50.9 Å². The molecule has 0 aromatic heterocycles. The molecule has 0 bridgehead atoms. The predicted molar refractivity (Wildman–Crippen MR) is 133 cm³/mol. The van der Waals surface area contributed by atoms with Crippen LogP contribution in [0, 0.1) is 5.82 Å². The molecule has 3 aliphatic heterocycles. The van der Waals surface area contributed by atoms with Crippen LogP contribution in [-0.4, -0.2) is 81.7 Å². The van der Waals surface area contributed by atoms with Gasteiger partial charge in [0.25, 0.3) is 5.91 Å². The second-order valence-electron chi connectivity index (χ2n) is 9.26. The first kappa shape index (κ1) is 27.1. The number of nitrogens with zero attached hydrogens (tertiary/aromatic N) is 2. The normalized spacial score (nSPS) is 23.2. The molecule has 3 fully saturated rings. The number of likely N-dealkylation sites (tertiary alicyclic amines) is 1. The van der Waals surface area contributed by atoms with E-state index < -0.39 is 35.0 Å². The van der Waals surface area contributed by atoms with E-state index in [1.54, 1.807) is 25.2 Å². The molecule has 12 heteroatoms. The smallest absolute Gasteiger partial charge is 0.255 e. The Morgan fingerprint density at radius 2 is 1.84 bits per heavy atom. The first-order valence-corrected chi connectivity index (χ1v) is 12.4. The average molecular weight is 531 g/mol. The lowest BCUT2D eigenvalue weighted by atomic mass is 10.0. The second kappa shape index (κ2) is 11.7. The van der Waals surface area contributed by atoms with E-state index in [1.807, 2.05) is 4.90 Å². The summed E-state index contributed by atoms with van der Waals surface area (Å²) in [4.78, 5) is 40.3. The number of rotatable bonds is 7. The predicted octanol–water partition coefficient (Wildman–Crippen LogP) is 0.898. The summed E-state index contributed by atoms with van der Waals surface area (Å²) in [7, 11) is 0. The zero-order valence-electron chi connectivity index (χ0n) is 21.0. The van der Waals surface area contributed by atoms with E-state index in [4.69, 9.17) is 4.74 Å². The second-order valence-corrected chi connectivity index (χ2v) is 9.26. The lowest BCUT2D eigenvalue weighted by molar-refractivity contribution is -0.142. The molecular weight excluding hydrogens is 499 g/mol. The molecule has 4 rings (SSSR count). The van der Waals surface area contributed by atoms with Crippen molar-refractivity contribution in [2.45, 2.75) is 38.9 Å².